The number of amides is 1. The molecule has 23 heavy (non-hydrogen) atoms. The van der Waals surface area contributed by atoms with Crippen molar-refractivity contribution in [3.8, 4) is 0 Å². The summed E-state index contributed by atoms with van der Waals surface area (Å²) in [4.78, 5) is 12.1. The van der Waals surface area contributed by atoms with Gasteiger partial charge in [0.1, 0.15) is 5.69 Å². The Hall–Kier alpha value is -2.62. The van der Waals surface area contributed by atoms with Crippen LogP contribution < -0.4 is 5.32 Å². The average molecular weight is 308 g/mol. The number of fused-ring (bicyclic) bond motifs is 1. The van der Waals surface area contributed by atoms with Crippen molar-refractivity contribution >= 4 is 16.9 Å². The van der Waals surface area contributed by atoms with E-state index in [9.17, 15) is 4.79 Å². The molecule has 0 aliphatic heterocycles. The van der Waals surface area contributed by atoms with Gasteiger partial charge < -0.3 is 9.84 Å². The molecular weight excluding hydrogens is 288 g/mol. The van der Waals surface area contributed by atoms with E-state index in [4.69, 9.17) is 4.52 Å². The summed E-state index contributed by atoms with van der Waals surface area (Å²) in [5.74, 6) is 0.397. The minimum Gasteiger partial charge on any atom is -0.356 e. The number of benzene rings is 2. The van der Waals surface area contributed by atoms with Crippen molar-refractivity contribution in [2.45, 2.75) is 25.7 Å². The van der Waals surface area contributed by atoms with Gasteiger partial charge in [-0.15, -0.1) is 0 Å². The maximum Gasteiger partial charge on any atom is 0.226 e. The van der Waals surface area contributed by atoms with Gasteiger partial charge in [0.2, 0.25) is 5.91 Å². The molecule has 0 saturated heterocycles. The molecule has 0 aliphatic carbocycles. The molecule has 0 saturated carbocycles. The number of aromatic nitrogens is 1. The minimum absolute atomic E-state index is 0.0238. The topological polar surface area (TPSA) is 55.1 Å². The molecule has 0 unspecified atom stereocenters. The fraction of sp³-hybridized carbons (Fsp3) is 0.263. The molecule has 1 atom stereocenters. The summed E-state index contributed by atoms with van der Waals surface area (Å²) in [7, 11) is 0. The molecular formula is C19H20N2O2. The molecule has 1 amide bonds. The van der Waals surface area contributed by atoms with Crippen LogP contribution in [-0.2, 0) is 11.2 Å². The lowest BCUT2D eigenvalue weighted by Gasteiger charge is -2.12. The Kier molecular flexibility index (Phi) is 4.71. The largest absolute Gasteiger partial charge is 0.356 e. The molecule has 0 bridgehead atoms. The second-order valence-corrected chi connectivity index (χ2v) is 5.75. The van der Waals surface area contributed by atoms with Crippen LogP contribution in [0.2, 0.25) is 0 Å². The molecule has 0 spiro atoms. The molecule has 0 aliphatic rings. The highest BCUT2D eigenvalue weighted by atomic mass is 16.5. The molecule has 3 rings (SSSR count). The van der Waals surface area contributed by atoms with Gasteiger partial charge in [-0.3, -0.25) is 4.79 Å². The van der Waals surface area contributed by atoms with Crippen LogP contribution in [0.1, 0.15) is 30.5 Å². The highest BCUT2D eigenvalue weighted by Crippen LogP contribution is 2.19. The molecule has 0 fully saturated rings. The fourth-order valence-electron chi connectivity index (χ4n) is 2.66. The number of hydrogen-bond acceptors (Lipinski definition) is 3. The SMILES string of the molecule is C[C@H](CCNC(=O)Cc1noc2ccccc12)c1ccccc1. The average Bonchev–Trinajstić information content (AvgIpc) is 2.99. The maximum absolute atomic E-state index is 12.1. The van der Waals surface area contributed by atoms with Crippen molar-refractivity contribution in [3.63, 3.8) is 0 Å². The lowest BCUT2D eigenvalue weighted by Crippen LogP contribution is -2.27. The van der Waals surface area contributed by atoms with Crippen LogP contribution in [0.3, 0.4) is 0 Å². The standard InChI is InChI=1S/C19H20N2O2/c1-14(15-7-3-2-4-8-15)11-12-20-19(22)13-17-16-9-5-6-10-18(16)23-21-17/h2-10,14H,11-13H2,1H3,(H,20,22)/t14-/m1/s1. The van der Waals surface area contributed by atoms with E-state index < -0.39 is 0 Å². The number of carbonyl (C=O) groups is 1. The van der Waals surface area contributed by atoms with E-state index in [1.807, 2.05) is 42.5 Å². The Morgan fingerprint density at radius 1 is 1.13 bits per heavy atom. The number of rotatable bonds is 6. The van der Waals surface area contributed by atoms with Crippen LogP contribution >= 0.6 is 0 Å². The number of nitrogens with one attached hydrogen (secondary N) is 1. The molecule has 0 radical (unpaired) electrons. The van der Waals surface area contributed by atoms with Crippen LogP contribution in [0, 0.1) is 0 Å². The number of nitrogens with zero attached hydrogens (tertiary/aromatic N) is 1. The van der Waals surface area contributed by atoms with Crippen LogP contribution in [0.15, 0.2) is 59.1 Å². The Bertz CT molecular complexity index is 780. The zero-order valence-electron chi connectivity index (χ0n) is 13.2. The summed E-state index contributed by atoms with van der Waals surface area (Å²) in [6.07, 6.45) is 1.16. The van der Waals surface area contributed by atoms with Gasteiger partial charge in [0.25, 0.3) is 0 Å². The third kappa shape index (κ3) is 3.77. The van der Waals surface area contributed by atoms with Crippen molar-refractivity contribution in [2.24, 2.45) is 0 Å². The second-order valence-electron chi connectivity index (χ2n) is 5.75. The quantitative estimate of drug-likeness (QED) is 0.755. The fourth-order valence-corrected chi connectivity index (χ4v) is 2.66. The van der Waals surface area contributed by atoms with Crippen LogP contribution in [-0.4, -0.2) is 17.6 Å². The van der Waals surface area contributed by atoms with Gasteiger partial charge in [-0.25, -0.2) is 0 Å². The zero-order chi connectivity index (χ0) is 16.1. The first-order valence-corrected chi connectivity index (χ1v) is 7.89. The molecule has 2 aromatic carbocycles. The molecule has 3 aromatic rings. The second kappa shape index (κ2) is 7.09. The number of hydrogen-bond donors (Lipinski definition) is 1. The number of carbonyl (C=O) groups excluding carboxylic acids is 1. The predicted octanol–water partition coefficient (Wildman–Crippen LogP) is 3.68. The Labute approximate surface area is 135 Å². The van der Waals surface area contributed by atoms with E-state index in [-0.39, 0.29) is 12.3 Å². The van der Waals surface area contributed by atoms with Crippen molar-refractivity contribution in [3.05, 3.63) is 65.9 Å². The van der Waals surface area contributed by atoms with Gasteiger partial charge in [-0.1, -0.05) is 54.5 Å². The van der Waals surface area contributed by atoms with Crippen molar-refractivity contribution < 1.29 is 9.32 Å². The molecule has 4 heteroatoms. The maximum atomic E-state index is 12.1. The van der Waals surface area contributed by atoms with Crippen molar-refractivity contribution in [1.82, 2.24) is 10.5 Å². The lowest BCUT2D eigenvalue weighted by molar-refractivity contribution is -0.120. The molecule has 1 N–H and O–H groups in total. The summed E-state index contributed by atoms with van der Waals surface area (Å²) in [6, 6.07) is 17.9. The van der Waals surface area contributed by atoms with Crippen LogP contribution in [0.25, 0.3) is 11.0 Å². The Balaban J connectivity index is 1.50. The normalized spacial score (nSPS) is 12.2. The third-order valence-electron chi connectivity index (χ3n) is 4.05. The number of para-hydroxylation sites is 1. The Morgan fingerprint density at radius 2 is 1.87 bits per heavy atom. The Morgan fingerprint density at radius 3 is 2.70 bits per heavy atom. The van der Waals surface area contributed by atoms with Gasteiger partial charge in [0.05, 0.1) is 6.42 Å². The van der Waals surface area contributed by atoms with E-state index in [2.05, 4.69) is 29.5 Å². The van der Waals surface area contributed by atoms with Crippen molar-refractivity contribution in [2.75, 3.05) is 6.54 Å². The summed E-state index contributed by atoms with van der Waals surface area (Å²) < 4.78 is 5.22. The highest BCUT2D eigenvalue weighted by Gasteiger charge is 2.12. The van der Waals surface area contributed by atoms with Crippen molar-refractivity contribution in [1.29, 1.82) is 0 Å². The highest BCUT2D eigenvalue weighted by molar-refractivity contribution is 5.86. The van der Waals surface area contributed by atoms with Gasteiger partial charge in [-0.05, 0) is 30.0 Å². The lowest BCUT2D eigenvalue weighted by atomic mass is 9.98. The molecule has 1 aromatic heterocycles. The first-order chi connectivity index (χ1) is 11.2. The first kappa shape index (κ1) is 15.3. The summed E-state index contributed by atoms with van der Waals surface area (Å²) >= 11 is 0. The van der Waals surface area contributed by atoms with Gasteiger partial charge in [0, 0.05) is 11.9 Å². The molecule has 118 valence electrons. The van der Waals surface area contributed by atoms with Crippen LogP contribution in [0.5, 0.6) is 0 Å². The summed E-state index contributed by atoms with van der Waals surface area (Å²) in [6.45, 7) is 2.83. The van der Waals surface area contributed by atoms with E-state index in [0.29, 0.717) is 23.7 Å². The minimum atomic E-state index is -0.0238. The van der Waals surface area contributed by atoms with Gasteiger partial charge in [0.15, 0.2) is 5.58 Å². The zero-order valence-corrected chi connectivity index (χ0v) is 13.2. The van der Waals surface area contributed by atoms with E-state index >= 15 is 0 Å². The monoisotopic (exact) mass is 308 g/mol. The van der Waals surface area contributed by atoms with E-state index in [0.717, 1.165) is 11.8 Å². The molecule has 4 nitrogen and oxygen atoms in total. The van der Waals surface area contributed by atoms with E-state index in [1.165, 1.54) is 5.56 Å². The first-order valence-electron chi connectivity index (χ1n) is 7.89. The molecule has 1 heterocycles. The van der Waals surface area contributed by atoms with Gasteiger partial charge in [-0.2, -0.15) is 0 Å². The smallest absolute Gasteiger partial charge is 0.226 e. The van der Waals surface area contributed by atoms with E-state index in [1.54, 1.807) is 0 Å². The summed E-state index contributed by atoms with van der Waals surface area (Å²) in [5, 5.41) is 7.86. The van der Waals surface area contributed by atoms with Crippen LogP contribution in [0.4, 0.5) is 0 Å². The third-order valence-corrected chi connectivity index (χ3v) is 4.05. The predicted molar refractivity (Wildman–Crippen MR) is 90.2 cm³/mol. The summed E-state index contributed by atoms with van der Waals surface area (Å²) in [5.41, 5.74) is 2.70. The van der Waals surface area contributed by atoms with Gasteiger partial charge >= 0.3 is 0 Å².